The summed E-state index contributed by atoms with van der Waals surface area (Å²) in [6.07, 6.45) is 0.313. The smallest absolute Gasteiger partial charge is 0.314 e. The van der Waals surface area contributed by atoms with Gasteiger partial charge in [0.1, 0.15) is 0 Å². The summed E-state index contributed by atoms with van der Waals surface area (Å²) in [6.45, 7) is 3.47. The van der Waals surface area contributed by atoms with Crippen molar-refractivity contribution in [2.24, 2.45) is 5.92 Å². The van der Waals surface area contributed by atoms with E-state index in [-0.39, 0.29) is 12.5 Å². The molecule has 0 saturated carbocycles. The Balaban J connectivity index is 1.93. The zero-order valence-corrected chi connectivity index (χ0v) is 16.0. The van der Waals surface area contributed by atoms with Crippen LogP contribution in [0.5, 0.6) is 0 Å². The molecule has 0 radical (unpaired) electrons. The molecule has 2 aromatic rings. The van der Waals surface area contributed by atoms with Crippen molar-refractivity contribution in [2.75, 3.05) is 11.9 Å². The summed E-state index contributed by atoms with van der Waals surface area (Å²) in [5.74, 6) is -1.34. The van der Waals surface area contributed by atoms with E-state index in [1.54, 1.807) is 48.5 Å². The third-order valence-corrected chi connectivity index (χ3v) is 4.27. The van der Waals surface area contributed by atoms with Gasteiger partial charge in [-0.15, -0.1) is 0 Å². The van der Waals surface area contributed by atoms with Gasteiger partial charge in [-0.3, -0.25) is 9.59 Å². The number of ether oxygens (including phenoxy) is 1. The van der Waals surface area contributed by atoms with Gasteiger partial charge in [0, 0.05) is 10.7 Å². The molecule has 2 rings (SSSR count). The summed E-state index contributed by atoms with van der Waals surface area (Å²) in [6, 6.07) is 16.0. The molecule has 0 spiro atoms. The number of hydrogen-bond acceptors (Lipinski definition) is 4. The lowest BCUT2D eigenvalue weighted by Gasteiger charge is -2.20. The third kappa shape index (κ3) is 6.12. The number of carbonyl (C=O) groups excluding carboxylic acids is 2. The molecule has 0 fully saturated rings. The second-order valence-corrected chi connectivity index (χ2v) is 6.90. The Kier molecular flexibility index (Phi) is 7.39. The van der Waals surface area contributed by atoms with Crippen LogP contribution in [0.4, 0.5) is 5.69 Å². The summed E-state index contributed by atoms with van der Waals surface area (Å²) < 4.78 is 5.22. The average molecular weight is 385 g/mol. The minimum Gasteiger partial charge on any atom is -0.455 e. The topological polar surface area (TPSA) is 79.2 Å². The van der Waals surface area contributed by atoms with Crippen LogP contribution in [0.2, 0.25) is 5.02 Å². The fraction of sp³-hybridized carbons (Fsp3) is 0.286. The largest absolute Gasteiger partial charge is 0.455 e. The van der Waals surface area contributed by atoms with E-state index in [1.807, 2.05) is 13.8 Å². The number of rotatable bonds is 7. The van der Waals surface area contributed by atoms with Crippen molar-refractivity contribution in [3.05, 3.63) is 64.7 Å². The lowest BCUT2D eigenvalue weighted by molar-refractivity contribution is -0.149. The normalized spacial score (nSPS) is 11.5. The van der Waals surface area contributed by atoms with Crippen LogP contribution >= 0.6 is 11.6 Å². The molecule has 5 nitrogen and oxygen atoms in total. The first kappa shape index (κ1) is 20.5. The van der Waals surface area contributed by atoms with Gasteiger partial charge in [0.2, 0.25) is 0 Å². The Labute approximate surface area is 163 Å². The molecule has 0 aliphatic heterocycles. The molecule has 140 valence electrons. The van der Waals surface area contributed by atoms with Crippen molar-refractivity contribution >= 4 is 29.2 Å². The van der Waals surface area contributed by atoms with E-state index in [4.69, 9.17) is 21.6 Å². The molecule has 0 aliphatic rings. The van der Waals surface area contributed by atoms with E-state index in [0.717, 1.165) is 11.1 Å². The molecule has 0 saturated heterocycles. The van der Waals surface area contributed by atoms with Gasteiger partial charge < -0.3 is 10.1 Å². The van der Waals surface area contributed by atoms with E-state index in [1.165, 1.54) is 0 Å². The zero-order valence-electron chi connectivity index (χ0n) is 15.2. The van der Waals surface area contributed by atoms with E-state index in [2.05, 4.69) is 11.4 Å². The van der Waals surface area contributed by atoms with E-state index < -0.39 is 17.8 Å². The van der Waals surface area contributed by atoms with Crippen molar-refractivity contribution in [3.63, 3.8) is 0 Å². The second kappa shape index (κ2) is 9.75. The predicted octanol–water partition coefficient (Wildman–Crippen LogP) is 4.33. The third-order valence-electron chi connectivity index (χ3n) is 4.02. The highest BCUT2D eigenvalue weighted by molar-refractivity contribution is 6.30. The Morgan fingerprint density at radius 3 is 2.30 bits per heavy atom. The number of benzene rings is 2. The predicted molar refractivity (Wildman–Crippen MR) is 104 cm³/mol. The summed E-state index contributed by atoms with van der Waals surface area (Å²) in [7, 11) is 0. The number of hydrogen-bond donors (Lipinski definition) is 1. The molecule has 1 amide bonds. The van der Waals surface area contributed by atoms with Gasteiger partial charge in [-0.2, -0.15) is 5.26 Å². The maximum Gasteiger partial charge on any atom is 0.314 e. The van der Waals surface area contributed by atoms with E-state index >= 15 is 0 Å². The highest BCUT2D eigenvalue weighted by atomic mass is 35.5. The minimum atomic E-state index is -0.472. The van der Waals surface area contributed by atoms with Crippen LogP contribution in [0.25, 0.3) is 0 Å². The van der Waals surface area contributed by atoms with Crippen LogP contribution in [0.3, 0.4) is 0 Å². The van der Waals surface area contributed by atoms with Crippen LogP contribution in [0, 0.1) is 17.2 Å². The van der Waals surface area contributed by atoms with Gasteiger partial charge in [0.15, 0.2) is 6.61 Å². The molecule has 0 bridgehead atoms. The van der Waals surface area contributed by atoms with Crippen LogP contribution in [-0.2, 0) is 20.7 Å². The van der Waals surface area contributed by atoms with E-state index in [9.17, 15) is 9.59 Å². The lowest BCUT2D eigenvalue weighted by Crippen LogP contribution is -2.26. The molecule has 0 aromatic heterocycles. The summed E-state index contributed by atoms with van der Waals surface area (Å²) in [4.78, 5) is 24.5. The second-order valence-electron chi connectivity index (χ2n) is 6.46. The molecular formula is C21H21ClN2O3. The van der Waals surface area contributed by atoms with Gasteiger partial charge in [0.25, 0.3) is 5.91 Å². The van der Waals surface area contributed by atoms with E-state index in [0.29, 0.717) is 17.1 Å². The number of amides is 1. The number of carbonyl (C=O) groups is 2. The van der Waals surface area contributed by atoms with Gasteiger partial charge >= 0.3 is 5.97 Å². The van der Waals surface area contributed by atoms with Crippen molar-refractivity contribution in [1.29, 1.82) is 5.26 Å². The van der Waals surface area contributed by atoms with Gasteiger partial charge in [-0.25, -0.2) is 0 Å². The molecule has 1 N–H and O–H groups in total. The number of nitrogens with one attached hydrogen (secondary N) is 1. The van der Waals surface area contributed by atoms with Crippen molar-refractivity contribution in [2.45, 2.75) is 26.2 Å². The fourth-order valence-corrected chi connectivity index (χ4v) is 2.81. The number of anilines is 1. The summed E-state index contributed by atoms with van der Waals surface area (Å²) in [5, 5.41) is 11.9. The zero-order chi connectivity index (χ0) is 19.8. The van der Waals surface area contributed by atoms with Crippen molar-refractivity contribution < 1.29 is 14.3 Å². The Morgan fingerprint density at radius 1 is 1.11 bits per heavy atom. The summed E-state index contributed by atoms with van der Waals surface area (Å²) in [5.41, 5.74) is 2.24. The number of halogens is 1. The van der Waals surface area contributed by atoms with Crippen LogP contribution < -0.4 is 5.32 Å². The number of nitriles is 1. The average Bonchev–Trinajstić information content (AvgIpc) is 2.63. The first-order valence-electron chi connectivity index (χ1n) is 8.58. The lowest BCUT2D eigenvalue weighted by atomic mass is 9.88. The van der Waals surface area contributed by atoms with Gasteiger partial charge in [0.05, 0.1) is 18.4 Å². The van der Waals surface area contributed by atoms with Crippen LogP contribution in [-0.4, -0.2) is 18.5 Å². The van der Waals surface area contributed by atoms with Gasteiger partial charge in [-0.1, -0.05) is 49.7 Å². The standard InChI is InChI=1S/C21H21ClN2O3/c1-14(2)20(16-5-7-17(22)8-6-16)21(26)27-13-19(25)24-18-9-3-15(4-10-18)11-12-23/h3-10,14,20H,11,13H2,1-2H3,(H,24,25)/t20-/m1/s1. The molecule has 27 heavy (non-hydrogen) atoms. The molecule has 0 unspecified atom stereocenters. The Hall–Kier alpha value is -2.84. The van der Waals surface area contributed by atoms with Gasteiger partial charge in [-0.05, 0) is 41.3 Å². The molecular weight excluding hydrogens is 364 g/mol. The van der Waals surface area contributed by atoms with Crippen molar-refractivity contribution in [3.8, 4) is 6.07 Å². The first-order chi connectivity index (χ1) is 12.9. The maximum atomic E-state index is 12.5. The molecule has 0 aliphatic carbocycles. The van der Waals surface area contributed by atoms with Crippen LogP contribution in [0.1, 0.15) is 30.9 Å². The molecule has 2 aromatic carbocycles. The van der Waals surface area contributed by atoms with Crippen LogP contribution in [0.15, 0.2) is 48.5 Å². The Bertz CT molecular complexity index is 824. The monoisotopic (exact) mass is 384 g/mol. The summed E-state index contributed by atoms with van der Waals surface area (Å²) >= 11 is 5.90. The number of esters is 1. The quantitative estimate of drug-likeness (QED) is 0.720. The molecule has 6 heteroatoms. The molecule has 0 heterocycles. The number of nitrogens with zero attached hydrogens (tertiary/aromatic N) is 1. The molecule has 1 atom stereocenters. The fourth-order valence-electron chi connectivity index (χ4n) is 2.68. The van der Waals surface area contributed by atoms with Crippen molar-refractivity contribution in [1.82, 2.24) is 0 Å². The highest BCUT2D eigenvalue weighted by Crippen LogP contribution is 2.27. The maximum absolute atomic E-state index is 12.5. The highest BCUT2D eigenvalue weighted by Gasteiger charge is 2.26. The SMILES string of the molecule is CC(C)[C@@H](C(=O)OCC(=O)Nc1ccc(CC#N)cc1)c1ccc(Cl)cc1. The minimum absolute atomic E-state index is 0.00872. The first-order valence-corrected chi connectivity index (χ1v) is 8.96. The Morgan fingerprint density at radius 2 is 1.74 bits per heavy atom.